The average Bonchev–Trinajstić information content (AvgIpc) is 3.48. The summed E-state index contributed by atoms with van der Waals surface area (Å²) in [6.07, 6.45) is 3.00. The van der Waals surface area contributed by atoms with E-state index in [4.69, 9.17) is 63.1 Å². The summed E-state index contributed by atoms with van der Waals surface area (Å²) in [5.74, 6) is -1.64. The van der Waals surface area contributed by atoms with Crippen molar-refractivity contribution < 1.29 is 66.5 Å². The van der Waals surface area contributed by atoms with Crippen molar-refractivity contribution >= 4 is 106 Å². The molecule has 0 radical (unpaired) electrons. The third-order valence-electron chi connectivity index (χ3n) is 9.34. The molecule has 20 nitrogen and oxygen atoms in total. The van der Waals surface area contributed by atoms with Crippen molar-refractivity contribution in [3.8, 4) is 0 Å². The zero-order chi connectivity index (χ0) is 56.1. The number of esters is 3. The van der Waals surface area contributed by atoms with Crippen molar-refractivity contribution in [1.82, 2.24) is 30.9 Å². The van der Waals surface area contributed by atoms with Crippen LogP contribution in [0.15, 0.2) is 55.0 Å². The van der Waals surface area contributed by atoms with Gasteiger partial charge in [0.1, 0.15) is 40.1 Å². The third kappa shape index (κ3) is 26.9. The molecule has 4 heterocycles. The molecule has 3 aromatic heterocycles. The first kappa shape index (κ1) is 66.3. The summed E-state index contributed by atoms with van der Waals surface area (Å²) >= 11 is 18.8. The number of methoxy groups -OCH3 is 3. The smallest absolute Gasteiger partial charge is 0.467 e. The Hall–Kier alpha value is -4.75. The average molecular weight is 1200 g/mol. The van der Waals surface area contributed by atoms with Crippen LogP contribution in [0.4, 0.5) is 14.4 Å². The summed E-state index contributed by atoms with van der Waals surface area (Å²) in [5, 5.41) is 9.00. The number of hydrogen-bond acceptors (Lipinski definition) is 17. The second-order valence-corrected chi connectivity index (χ2v) is 21.8. The number of rotatable bonds is 12. The minimum atomic E-state index is -0.934. The number of alkyl carbamates (subject to hydrolysis) is 3. The number of alkyl halides is 1. The minimum Gasteiger partial charge on any atom is -0.467 e. The number of carbonyl (C=O) groups is 6. The lowest BCUT2D eigenvalue weighted by atomic mass is 9.79. The van der Waals surface area contributed by atoms with Gasteiger partial charge in [-0.25, -0.2) is 33.8 Å². The molecule has 3 atom stereocenters. The monoisotopic (exact) mass is 1200 g/mol. The first-order valence-corrected chi connectivity index (χ1v) is 25.2. The predicted molar refractivity (Wildman–Crippen MR) is 285 cm³/mol. The second-order valence-electron chi connectivity index (χ2n) is 19.7. The third-order valence-corrected chi connectivity index (χ3v) is 10.9. The molecule has 3 N–H and O–H groups in total. The van der Waals surface area contributed by atoms with Crippen molar-refractivity contribution in [3.63, 3.8) is 0 Å². The molecule has 0 aromatic carbocycles. The van der Waals surface area contributed by atoms with Gasteiger partial charge >= 0.3 is 43.3 Å². The number of amides is 3. The molecular weight excluding hydrogens is 1130 g/mol. The van der Waals surface area contributed by atoms with Crippen molar-refractivity contribution in [2.75, 3.05) is 25.8 Å². The summed E-state index contributed by atoms with van der Waals surface area (Å²) in [4.78, 5) is 82.3. The SMILES string of the molecule is COC(=O)[C@H](CI)NC(=O)OC(C)(C)C.COC(=O)[C@H](Cc1cc(B2OC(C)(C)C(C)(C)O2)ccn1)NC(=O)OC(C)(C)C.COC(=O)[C@H](Cc1cc(Cl)ccn1)NC(=O)OC(C)(C)C.Clc1ccnc(Cl)c1. The lowest BCUT2D eigenvalue weighted by Gasteiger charge is -2.32. The minimum absolute atomic E-state index is 0.138. The van der Waals surface area contributed by atoms with E-state index < -0.39 is 89.4 Å². The number of nitrogens with one attached hydrogen (secondary N) is 3. The zero-order valence-corrected chi connectivity index (χ0v) is 48.6. The van der Waals surface area contributed by atoms with E-state index in [0.717, 1.165) is 5.46 Å². The maximum atomic E-state index is 12.2. The first-order valence-electron chi connectivity index (χ1n) is 22.5. The number of halogens is 4. The molecule has 0 saturated carbocycles. The number of aromatic nitrogens is 3. The van der Waals surface area contributed by atoms with Crippen molar-refractivity contribution in [2.45, 2.75) is 149 Å². The molecule has 1 aliphatic heterocycles. The number of carbonyl (C=O) groups excluding carboxylic acids is 6. The molecule has 1 fully saturated rings. The van der Waals surface area contributed by atoms with Crippen molar-refractivity contribution in [2.24, 2.45) is 0 Å². The van der Waals surface area contributed by atoms with Gasteiger partial charge < -0.3 is 53.7 Å². The molecule has 25 heteroatoms. The van der Waals surface area contributed by atoms with Gasteiger partial charge in [-0.2, -0.15) is 0 Å². The van der Waals surface area contributed by atoms with Crippen LogP contribution >= 0.6 is 57.4 Å². The molecular formula is C48H69BCl3IN6O14. The summed E-state index contributed by atoms with van der Waals surface area (Å²) < 4.78 is 41.9. The van der Waals surface area contributed by atoms with Crippen LogP contribution in [0.3, 0.4) is 0 Å². The van der Waals surface area contributed by atoms with Crippen LogP contribution in [0.25, 0.3) is 0 Å². The van der Waals surface area contributed by atoms with Gasteiger partial charge in [0.25, 0.3) is 0 Å². The zero-order valence-electron chi connectivity index (χ0n) is 44.2. The Morgan fingerprint density at radius 1 is 0.575 bits per heavy atom. The molecule has 4 rings (SSSR count). The highest BCUT2D eigenvalue weighted by Gasteiger charge is 2.51. The summed E-state index contributed by atoms with van der Waals surface area (Å²) in [6, 6.07) is 7.62. The highest BCUT2D eigenvalue weighted by atomic mass is 127. The second kappa shape index (κ2) is 30.0. The molecule has 0 spiro atoms. The molecule has 0 bridgehead atoms. The van der Waals surface area contributed by atoms with Gasteiger partial charge in [-0.3, -0.25) is 9.97 Å². The lowest BCUT2D eigenvalue weighted by Crippen LogP contribution is -2.45. The van der Waals surface area contributed by atoms with E-state index in [1.165, 1.54) is 27.5 Å². The molecule has 3 amide bonds. The topological polar surface area (TPSA) is 251 Å². The van der Waals surface area contributed by atoms with Gasteiger partial charge in [0.05, 0.1) is 32.5 Å². The number of pyridine rings is 3. The van der Waals surface area contributed by atoms with Crippen LogP contribution in [-0.2, 0) is 65.0 Å². The Bertz CT molecular complexity index is 2260. The maximum absolute atomic E-state index is 12.2. The Labute approximate surface area is 457 Å². The van der Waals surface area contributed by atoms with Crippen LogP contribution in [-0.4, -0.2) is 130 Å². The summed E-state index contributed by atoms with van der Waals surface area (Å²) in [5.41, 5.74) is -0.900. The van der Waals surface area contributed by atoms with Crippen molar-refractivity contribution in [1.29, 1.82) is 0 Å². The largest absolute Gasteiger partial charge is 0.494 e. The molecule has 73 heavy (non-hydrogen) atoms. The Kier molecular flexibility index (Phi) is 27.2. The fourth-order valence-electron chi connectivity index (χ4n) is 5.42. The van der Waals surface area contributed by atoms with Crippen LogP contribution in [0.2, 0.25) is 15.2 Å². The van der Waals surface area contributed by atoms with Crippen LogP contribution in [0.1, 0.15) is 101 Å². The van der Waals surface area contributed by atoms with E-state index >= 15 is 0 Å². The summed E-state index contributed by atoms with van der Waals surface area (Å²) in [6.45, 7) is 23.6. The summed E-state index contributed by atoms with van der Waals surface area (Å²) in [7, 11) is 3.24. The molecule has 1 aliphatic rings. The van der Waals surface area contributed by atoms with Crippen molar-refractivity contribution in [3.05, 3.63) is 81.6 Å². The van der Waals surface area contributed by atoms with E-state index in [9.17, 15) is 28.8 Å². The van der Waals surface area contributed by atoms with Crippen LogP contribution in [0.5, 0.6) is 0 Å². The van der Waals surface area contributed by atoms with Gasteiger partial charge in [0.15, 0.2) is 0 Å². The standard InChI is InChI=1S/C20H31BN2O6.C14H19ClN2O4.C9H16INO4.C5H3Cl2N/c1-18(2,3)27-17(25)23-15(16(24)26-8)12-14-11-13(9-10-22-14)21-28-19(4,5)20(6,7)29-21;1-14(2,3)21-13(19)17-11(12(18)20-4)8-10-7-9(15)5-6-16-10;1-9(2,3)15-8(13)11-6(5-10)7(12)14-4;6-4-1-2-8-5(7)3-4/h9-11,15H,12H2,1-8H3,(H,23,25);5-7,11H,8H2,1-4H3,(H,17,19);6H,5H2,1-4H3,(H,11,13);1-3H/t15-;11-;6-;/m000./s1. The maximum Gasteiger partial charge on any atom is 0.494 e. The number of ether oxygens (including phenoxy) is 6. The van der Waals surface area contributed by atoms with E-state index in [1.54, 1.807) is 111 Å². The first-order chi connectivity index (χ1) is 33.5. The Balaban J connectivity index is 0.000000529. The quantitative estimate of drug-likeness (QED) is 0.0386. The normalized spacial score (nSPS) is 14.7. The van der Waals surface area contributed by atoms with Gasteiger partial charge in [-0.15, -0.1) is 0 Å². The highest BCUT2D eigenvalue weighted by molar-refractivity contribution is 14.1. The highest BCUT2D eigenvalue weighted by Crippen LogP contribution is 2.36. The lowest BCUT2D eigenvalue weighted by molar-refractivity contribution is -0.143. The van der Waals surface area contributed by atoms with E-state index in [2.05, 4.69) is 40.4 Å². The number of hydrogen-bond donors (Lipinski definition) is 3. The molecule has 1 saturated heterocycles. The van der Waals surface area contributed by atoms with E-state index in [1.807, 2.05) is 50.3 Å². The molecule has 0 unspecified atom stereocenters. The molecule has 406 valence electrons. The van der Waals surface area contributed by atoms with Crippen LogP contribution < -0.4 is 21.4 Å². The van der Waals surface area contributed by atoms with Crippen LogP contribution in [0, 0.1) is 0 Å². The Morgan fingerprint density at radius 3 is 1.25 bits per heavy atom. The van der Waals surface area contributed by atoms with E-state index in [0.29, 0.717) is 31.0 Å². The molecule has 0 aliphatic carbocycles. The van der Waals surface area contributed by atoms with Gasteiger partial charge in [0.2, 0.25) is 0 Å². The fraction of sp³-hybridized carbons (Fsp3) is 0.562. The predicted octanol–water partition coefficient (Wildman–Crippen LogP) is 8.21. The van der Waals surface area contributed by atoms with Gasteiger partial charge in [0, 0.05) is 57.3 Å². The van der Waals surface area contributed by atoms with Gasteiger partial charge in [-0.1, -0.05) is 57.4 Å². The number of nitrogens with zero attached hydrogens (tertiary/aromatic N) is 3. The van der Waals surface area contributed by atoms with E-state index in [-0.39, 0.29) is 12.8 Å². The Morgan fingerprint density at radius 2 is 0.918 bits per heavy atom. The van der Waals surface area contributed by atoms with Gasteiger partial charge in [-0.05, 0) is 132 Å². The fourth-order valence-corrected chi connectivity index (χ4v) is 6.57. The molecule has 3 aromatic rings.